The van der Waals surface area contributed by atoms with E-state index in [1.54, 1.807) is 21.8 Å². The number of amides is 1. The molecule has 2 aromatic heterocycles. The molecule has 1 amide bonds. The van der Waals surface area contributed by atoms with E-state index in [-0.39, 0.29) is 11.9 Å². The molecule has 102 valence electrons. The van der Waals surface area contributed by atoms with Gasteiger partial charge in [-0.2, -0.15) is 5.10 Å². The summed E-state index contributed by atoms with van der Waals surface area (Å²) < 4.78 is 3.41. The van der Waals surface area contributed by atoms with E-state index in [0.29, 0.717) is 13.1 Å². The third kappa shape index (κ3) is 3.18. The van der Waals surface area contributed by atoms with Crippen LogP contribution < -0.4 is 5.32 Å². The molecule has 0 saturated carbocycles. The lowest BCUT2D eigenvalue weighted by Crippen LogP contribution is -2.34. The van der Waals surface area contributed by atoms with Gasteiger partial charge < -0.3 is 5.32 Å². The van der Waals surface area contributed by atoms with Gasteiger partial charge in [0, 0.05) is 18.4 Å². The van der Waals surface area contributed by atoms with Crippen molar-refractivity contribution in [2.75, 3.05) is 6.54 Å². The Bertz CT molecular complexity index is 545. The largest absolute Gasteiger partial charge is 0.352 e. The van der Waals surface area contributed by atoms with Gasteiger partial charge in [-0.15, -0.1) is 5.10 Å². The molecule has 1 atom stereocenters. The molecule has 7 nitrogen and oxygen atoms in total. The minimum absolute atomic E-state index is 0.0497. The number of hydrogen-bond donors (Lipinski definition) is 1. The molecule has 2 aromatic rings. The zero-order valence-corrected chi connectivity index (χ0v) is 11.4. The van der Waals surface area contributed by atoms with Gasteiger partial charge in [0.25, 0.3) is 0 Å². The molecule has 0 bridgehead atoms. The predicted molar refractivity (Wildman–Crippen MR) is 69.4 cm³/mol. The zero-order valence-electron chi connectivity index (χ0n) is 11.4. The number of nitrogens with one attached hydrogen (secondary N) is 1. The van der Waals surface area contributed by atoms with Gasteiger partial charge in [-0.05, 0) is 26.8 Å². The molecule has 0 fully saturated rings. The summed E-state index contributed by atoms with van der Waals surface area (Å²) in [6, 6.07) is 1.64. The van der Waals surface area contributed by atoms with Crippen molar-refractivity contribution in [3.05, 3.63) is 29.8 Å². The summed E-state index contributed by atoms with van der Waals surface area (Å²) in [5, 5.41) is 14.7. The Kier molecular flexibility index (Phi) is 3.94. The molecule has 7 heteroatoms. The minimum atomic E-state index is -0.315. The van der Waals surface area contributed by atoms with Gasteiger partial charge in [-0.1, -0.05) is 5.21 Å². The van der Waals surface area contributed by atoms with Gasteiger partial charge in [-0.25, -0.2) is 0 Å². The van der Waals surface area contributed by atoms with Crippen LogP contribution in [0.15, 0.2) is 18.5 Å². The molecule has 0 saturated heterocycles. The number of hydrogen-bond acceptors (Lipinski definition) is 4. The highest BCUT2D eigenvalue weighted by Gasteiger charge is 2.17. The number of nitrogens with zero attached hydrogens (tertiary/aromatic N) is 5. The van der Waals surface area contributed by atoms with E-state index in [1.807, 2.05) is 26.8 Å². The van der Waals surface area contributed by atoms with Crippen molar-refractivity contribution in [2.45, 2.75) is 33.4 Å². The van der Waals surface area contributed by atoms with Gasteiger partial charge in [0.05, 0.1) is 18.4 Å². The highest BCUT2D eigenvalue weighted by atomic mass is 16.2. The third-order valence-electron chi connectivity index (χ3n) is 2.90. The fourth-order valence-corrected chi connectivity index (χ4v) is 1.94. The summed E-state index contributed by atoms with van der Waals surface area (Å²) in [4.78, 5) is 12.0. The van der Waals surface area contributed by atoms with Crippen molar-refractivity contribution in [3.8, 4) is 0 Å². The van der Waals surface area contributed by atoms with Crippen LogP contribution in [-0.2, 0) is 11.3 Å². The second-order valence-electron chi connectivity index (χ2n) is 4.50. The second kappa shape index (κ2) is 5.64. The molecule has 19 heavy (non-hydrogen) atoms. The first-order valence-corrected chi connectivity index (χ1v) is 6.22. The lowest BCUT2D eigenvalue weighted by molar-refractivity contribution is -0.124. The zero-order chi connectivity index (χ0) is 13.8. The molecule has 0 aromatic carbocycles. The smallest absolute Gasteiger partial charge is 0.244 e. The topological polar surface area (TPSA) is 77.6 Å². The Hall–Kier alpha value is -2.18. The normalized spacial score (nSPS) is 12.4. The molecule has 1 N–H and O–H groups in total. The Morgan fingerprint density at radius 1 is 1.47 bits per heavy atom. The maximum absolute atomic E-state index is 12.0. The minimum Gasteiger partial charge on any atom is -0.352 e. The summed E-state index contributed by atoms with van der Waals surface area (Å²) in [7, 11) is 0. The Labute approximate surface area is 111 Å². The quantitative estimate of drug-likeness (QED) is 0.849. The summed E-state index contributed by atoms with van der Waals surface area (Å²) in [5.41, 5.74) is 1.90. The number of aromatic nitrogens is 5. The SMILES string of the molecule is Cc1cc(C)n([C@@H](C)C(=O)NCCn2ccnn2)n1. The van der Waals surface area contributed by atoms with Gasteiger partial charge in [-0.3, -0.25) is 14.2 Å². The van der Waals surface area contributed by atoms with E-state index in [1.165, 1.54) is 0 Å². The molecule has 0 aliphatic rings. The molecule has 2 heterocycles. The van der Waals surface area contributed by atoms with Crippen molar-refractivity contribution < 1.29 is 4.79 Å². The molecule has 0 unspecified atom stereocenters. The fraction of sp³-hybridized carbons (Fsp3) is 0.500. The van der Waals surface area contributed by atoms with Gasteiger partial charge in [0.15, 0.2) is 0 Å². The predicted octanol–water partition coefficient (Wildman–Crippen LogP) is 0.469. The Balaban J connectivity index is 1.87. The average Bonchev–Trinajstić information content (AvgIpc) is 2.98. The highest BCUT2D eigenvalue weighted by Crippen LogP contribution is 2.10. The van der Waals surface area contributed by atoms with Gasteiger partial charge >= 0.3 is 0 Å². The summed E-state index contributed by atoms with van der Waals surface area (Å²) in [6.07, 6.45) is 3.37. The van der Waals surface area contributed by atoms with E-state index in [2.05, 4.69) is 20.7 Å². The van der Waals surface area contributed by atoms with Crippen LogP contribution in [0.5, 0.6) is 0 Å². The van der Waals surface area contributed by atoms with Crippen LogP contribution in [0.25, 0.3) is 0 Å². The van der Waals surface area contributed by atoms with E-state index < -0.39 is 0 Å². The van der Waals surface area contributed by atoms with Gasteiger partial charge in [0.1, 0.15) is 6.04 Å². The maximum Gasteiger partial charge on any atom is 0.244 e. The first-order chi connectivity index (χ1) is 9.08. The third-order valence-corrected chi connectivity index (χ3v) is 2.90. The first kappa shape index (κ1) is 13.3. The second-order valence-corrected chi connectivity index (χ2v) is 4.50. The lowest BCUT2D eigenvalue weighted by atomic mass is 10.3. The van der Waals surface area contributed by atoms with Crippen LogP contribution in [0.3, 0.4) is 0 Å². The van der Waals surface area contributed by atoms with Crippen molar-refractivity contribution in [3.63, 3.8) is 0 Å². The van der Waals surface area contributed by atoms with E-state index >= 15 is 0 Å². The lowest BCUT2D eigenvalue weighted by Gasteiger charge is -2.14. The molecular formula is C12H18N6O. The van der Waals surface area contributed by atoms with Crippen molar-refractivity contribution >= 4 is 5.91 Å². The molecule has 0 radical (unpaired) electrons. The molecule has 0 spiro atoms. The fourth-order valence-electron chi connectivity index (χ4n) is 1.94. The monoisotopic (exact) mass is 262 g/mol. The number of aryl methyl sites for hydroxylation is 2. The van der Waals surface area contributed by atoms with E-state index in [0.717, 1.165) is 11.4 Å². The summed E-state index contributed by atoms with van der Waals surface area (Å²) >= 11 is 0. The van der Waals surface area contributed by atoms with Crippen LogP contribution in [-0.4, -0.2) is 37.2 Å². The van der Waals surface area contributed by atoms with Crippen LogP contribution in [0.1, 0.15) is 24.4 Å². The maximum atomic E-state index is 12.0. The van der Waals surface area contributed by atoms with E-state index in [9.17, 15) is 4.79 Å². The van der Waals surface area contributed by atoms with Gasteiger partial charge in [0.2, 0.25) is 5.91 Å². The van der Waals surface area contributed by atoms with E-state index in [4.69, 9.17) is 0 Å². The van der Waals surface area contributed by atoms with Crippen molar-refractivity contribution in [2.24, 2.45) is 0 Å². The summed E-state index contributed by atoms with van der Waals surface area (Å²) in [5.74, 6) is -0.0497. The molecule has 0 aliphatic carbocycles. The van der Waals surface area contributed by atoms with Crippen LogP contribution in [0.4, 0.5) is 0 Å². The molecule has 2 rings (SSSR count). The Morgan fingerprint density at radius 3 is 2.84 bits per heavy atom. The number of rotatable bonds is 5. The Morgan fingerprint density at radius 2 is 2.26 bits per heavy atom. The molecule has 0 aliphatic heterocycles. The van der Waals surface area contributed by atoms with Crippen LogP contribution in [0, 0.1) is 13.8 Å². The standard InChI is InChI=1S/C12H18N6O/c1-9-8-10(2)18(15-9)11(3)12(19)13-4-6-17-7-5-14-16-17/h5,7-8,11H,4,6H2,1-3H3,(H,13,19)/t11-/m0/s1. The van der Waals surface area contributed by atoms with Crippen LogP contribution >= 0.6 is 0 Å². The molecular weight excluding hydrogens is 244 g/mol. The first-order valence-electron chi connectivity index (χ1n) is 6.22. The number of carbonyl (C=O) groups excluding carboxylic acids is 1. The van der Waals surface area contributed by atoms with Crippen molar-refractivity contribution in [1.82, 2.24) is 30.1 Å². The van der Waals surface area contributed by atoms with Crippen molar-refractivity contribution in [1.29, 1.82) is 0 Å². The number of carbonyl (C=O) groups is 1. The average molecular weight is 262 g/mol. The highest BCUT2D eigenvalue weighted by molar-refractivity contribution is 5.79. The summed E-state index contributed by atoms with van der Waals surface area (Å²) in [6.45, 7) is 6.82. The van der Waals surface area contributed by atoms with Crippen LogP contribution in [0.2, 0.25) is 0 Å².